The summed E-state index contributed by atoms with van der Waals surface area (Å²) in [5.74, 6) is 0.618. The first-order chi connectivity index (χ1) is 8.60. The van der Waals surface area contributed by atoms with E-state index in [4.69, 9.17) is 11.5 Å². The lowest BCUT2D eigenvalue weighted by atomic mass is 9.91. The summed E-state index contributed by atoms with van der Waals surface area (Å²) in [6.07, 6.45) is 11.2. The monoisotopic (exact) mass is 256 g/mol. The lowest BCUT2D eigenvalue weighted by Crippen LogP contribution is -2.22. The van der Waals surface area contributed by atoms with Gasteiger partial charge in [-0.1, -0.05) is 46.0 Å². The van der Waals surface area contributed by atoms with Crippen LogP contribution in [0.3, 0.4) is 0 Å². The summed E-state index contributed by atoms with van der Waals surface area (Å²) in [4.78, 5) is 10.6. The van der Waals surface area contributed by atoms with Crippen molar-refractivity contribution < 1.29 is 4.79 Å². The Balaban J connectivity index is 3.59. The summed E-state index contributed by atoms with van der Waals surface area (Å²) in [5, 5.41) is 0. The molecule has 3 heteroatoms. The van der Waals surface area contributed by atoms with Crippen molar-refractivity contribution in [3.8, 4) is 0 Å². The van der Waals surface area contributed by atoms with Crippen molar-refractivity contribution in [1.82, 2.24) is 0 Å². The van der Waals surface area contributed by atoms with Crippen molar-refractivity contribution in [2.45, 2.75) is 84.1 Å². The first kappa shape index (κ1) is 17.4. The van der Waals surface area contributed by atoms with E-state index in [2.05, 4.69) is 13.8 Å². The van der Waals surface area contributed by atoms with Crippen LogP contribution in [0, 0.1) is 5.92 Å². The highest BCUT2D eigenvalue weighted by Gasteiger charge is 2.09. The summed E-state index contributed by atoms with van der Waals surface area (Å²) in [5.41, 5.74) is 11.2. The van der Waals surface area contributed by atoms with Crippen molar-refractivity contribution in [1.29, 1.82) is 0 Å². The lowest BCUT2D eigenvalue weighted by Gasteiger charge is -2.17. The van der Waals surface area contributed by atoms with E-state index in [9.17, 15) is 4.79 Å². The predicted molar refractivity (Wildman–Crippen MR) is 78.2 cm³/mol. The first-order valence-corrected chi connectivity index (χ1v) is 7.64. The molecule has 108 valence electrons. The van der Waals surface area contributed by atoms with E-state index in [0.717, 1.165) is 25.2 Å². The maximum Gasteiger partial charge on any atom is 0.217 e. The Morgan fingerprint density at radius 1 is 1.00 bits per heavy atom. The summed E-state index contributed by atoms with van der Waals surface area (Å²) < 4.78 is 0. The second-order valence-electron chi connectivity index (χ2n) is 5.47. The van der Waals surface area contributed by atoms with Crippen LogP contribution in [-0.2, 0) is 4.79 Å². The number of carbonyl (C=O) groups is 1. The standard InChI is InChI=1S/C15H32N2O/c1-3-5-6-8-13(4-2)11-12-14(16)9-7-10-15(17)18/h13-14H,3-12,16H2,1-2H3,(H2,17,18). The smallest absolute Gasteiger partial charge is 0.217 e. The Hall–Kier alpha value is -0.570. The van der Waals surface area contributed by atoms with Gasteiger partial charge in [-0.2, -0.15) is 0 Å². The molecule has 0 spiro atoms. The Labute approximate surface area is 113 Å². The number of unbranched alkanes of at least 4 members (excludes halogenated alkanes) is 2. The average Bonchev–Trinajstić information content (AvgIpc) is 2.33. The molecule has 0 saturated carbocycles. The van der Waals surface area contributed by atoms with Gasteiger partial charge in [-0.05, 0) is 31.6 Å². The number of hydrogen-bond donors (Lipinski definition) is 2. The van der Waals surface area contributed by atoms with E-state index in [-0.39, 0.29) is 11.9 Å². The van der Waals surface area contributed by atoms with Gasteiger partial charge in [0.05, 0.1) is 0 Å². The van der Waals surface area contributed by atoms with Crippen LogP contribution in [-0.4, -0.2) is 11.9 Å². The van der Waals surface area contributed by atoms with Gasteiger partial charge in [-0.25, -0.2) is 0 Å². The summed E-state index contributed by atoms with van der Waals surface area (Å²) in [6.45, 7) is 4.52. The third-order valence-corrected chi connectivity index (χ3v) is 3.74. The predicted octanol–water partition coefficient (Wildman–Crippen LogP) is 3.36. The molecule has 18 heavy (non-hydrogen) atoms. The second-order valence-corrected chi connectivity index (χ2v) is 5.47. The van der Waals surface area contributed by atoms with Crippen LogP contribution in [0.2, 0.25) is 0 Å². The van der Waals surface area contributed by atoms with Crippen LogP contribution in [0.4, 0.5) is 0 Å². The highest BCUT2D eigenvalue weighted by atomic mass is 16.1. The number of hydrogen-bond acceptors (Lipinski definition) is 2. The van der Waals surface area contributed by atoms with Gasteiger partial charge in [0.25, 0.3) is 0 Å². The molecule has 3 nitrogen and oxygen atoms in total. The topological polar surface area (TPSA) is 69.1 Å². The van der Waals surface area contributed by atoms with Crippen molar-refractivity contribution >= 4 is 5.91 Å². The highest BCUT2D eigenvalue weighted by molar-refractivity contribution is 5.73. The summed E-state index contributed by atoms with van der Waals surface area (Å²) in [7, 11) is 0. The van der Waals surface area contributed by atoms with Gasteiger partial charge in [0.2, 0.25) is 5.91 Å². The van der Waals surface area contributed by atoms with Crippen LogP contribution in [0.1, 0.15) is 78.1 Å². The van der Waals surface area contributed by atoms with Gasteiger partial charge < -0.3 is 11.5 Å². The van der Waals surface area contributed by atoms with Crippen LogP contribution in [0.15, 0.2) is 0 Å². The zero-order valence-electron chi connectivity index (χ0n) is 12.3. The molecule has 0 radical (unpaired) electrons. The van der Waals surface area contributed by atoms with Gasteiger partial charge in [-0.15, -0.1) is 0 Å². The number of rotatable bonds is 12. The minimum Gasteiger partial charge on any atom is -0.370 e. The van der Waals surface area contributed by atoms with E-state index in [0.29, 0.717) is 6.42 Å². The van der Waals surface area contributed by atoms with Crippen LogP contribution < -0.4 is 11.5 Å². The third-order valence-electron chi connectivity index (χ3n) is 3.74. The fourth-order valence-electron chi connectivity index (χ4n) is 2.37. The quantitative estimate of drug-likeness (QED) is 0.526. The SMILES string of the molecule is CCCCCC(CC)CCC(N)CCCC(N)=O. The molecule has 0 aliphatic heterocycles. The second kappa shape index (κ2) is 11.5. The fraction of sp³-hybridized carbons (Fsp3) is 0.933. The first-order valence-electron chi connectivity index (χ1n) is 7.64. The number of nitrogens with two attached hydrogens (primary N) is 2. The number of carbonyl (C=O) groups excluding carboxylic acids is 1. The summed E-state index contributed by atoms with van der Waals surface area (Å²) >= 11 is 0. The van der Waals surface area contributed by atoms with Gasteiger partial charge in [-0.3, -0.25) is 4.79 Å². The van der Waals surface area contributed by atoms with Gasteiger partial charge in [0, 0.05) is 12.5 Å². The lowest BCUT2D eigenvalue weighted by molar-refractivity contribution is -0.118. The Bertz CT molecular complexity index is 207. The molecule has 0 heterocycles. The van der Waals surface area contributed by atoms with Crippen LogP contribution in [0.5, 0.6) is 0 Å². The summed E-state index contributed by atoms with van der Waals surface area (Å²) in [6, 6.07) is 0.240. The normalized spacial score (nSPS) is 14.4. The molecular weight excluding hydrogens is 224 g/mol. The Morgan fingerprint density at radius 2 is 1.72 bits per heavy atom. The molecule has 2 atom stereocenters. The average molecular weight is 256 g/mol. The van der Waals surface area contributed by atoms with Crippen molar-refractivity contribution in [3.63, 3.8) is 0 Å². The zero-order valence-corrected chi connectivity index (χ0v) is 12.3. The minimum absolute atomic E-state index is 0.215. The van der Waals surface area contributed by atoms with E-state index in [1.165, 1.54) is 38.5 Å². The van der Waals surface area contributed by atoms with E-state index in [1.54, 1.807) is 0 Å². The van der Waals surface area contributed by atoms with Gasteiger partial charge in [0.15, 0.2) is 0 Å². The molecule has 1 amide bonds. The molecule has 0 aliphatic rings. The molecule has 0 aromatic rings. The number of primary amides is 1. The van der Waals surface area contributed by atoms with E-state index >= 15 is 0 Å². The maximum atomic E-state index is 10.6. The Kier molecular flexibility index (Phi) is 11.2. The molecule has 0 aromatic heterocycles. The molecule has 4 N–H and O–H groups in total. The molecule has 0 bridgehead atoms. The van der Waals surface area contributed by atoms with Crippen molar-refractivity contribution in [2.24, 2.45) is 17.4 Å². The van der Waals surface area contributed by atoms with Crippen molar-refractivity contribution in [2.75, 3.05) is 0 Å². The molecule has 2 unspecified atom stereocenters. The van der Waals surface area contributed by atoms with Gasteiger partial charge >= 0.3 is 0 Å². The van der Waals surface area contributed by atoms with Crippen LogP contribution in [0.25, 0.3) is 0 Å². The molecule has 0 fully saturated rings. The van der Waals surface area contributed by atoms with Gasteiger partial charge in [0.1, 0.15) is 0 Å². The molecule has 0 rings (SSSR count). The minimum atomic E-state index is -0.215. The van der Waals surface area contributed by atoms with E-state index in [1.807, 2.05) is 0 Å². The van der Waals surface area contributed by atoms with Crippen molar-refractivity contribution in [3.05, 3.63) is 0 Å². The third kappa shape index (κ3) is 10.6. The fourth-order valence-corrected chi connectivity index (χ4v) is 2.37. The highest BCUT2D eigenvalue weighted by Crippen LogP contribution is 2.20. The van der Waals surface area contributed by atoms with Crippen LogP contribution >= 0.6 is 0 Å². The molecular formula is C15H32N2O. The molecule has 0 saturated heterocycles. The largest absolute Gasteiger partial charge is 0.370 e. The molecule has 0 aliphatic carbocycles. The molecule has 0 aromatic carbocycles. The maximum absolute atomic E-state index is 10.6. The van der Waals surface area contributed by atoms with E-state index < -0.39 is 0 Å². The number of amides is 1. The Morgan fingerprint density at radius 3 is 2.28 bits per heavy atom. The zero-order chi connectivity index (χ0) is 13.8.